The van der Waals surface area contributed by atoms with E-state index in [9.17, 15) is 0 Å². The van der Waals surface area contributed by atoms with Gasteiger partial charge in [-0.15, -0.1) is 0 Å². The quantitative estimate of drug-likeness (QED) is 0.167. The molecule has 0 saturated carbocycles. The van der Waals surface area contributed by atoms with Crippen LogP contribution in [0.4, 0.5) is 0 Å². The van der Waals surface area contributed by atoms with Gasteiger partial charge in [-0.05, 0) is 89.5 Å². The van der Waals surface area contributed by atoms with E-state index in [0.29, 0.717) is 0 Å². The van der Waals surface area contributed by atoms with Crippen LogP contribution in [0, 0.1) is 6.92 Å². The molecule has 0 aliphatic heterocycles. The van der Waals surface area contributed by atoms with Gasteiger partial charge in [0.05, 0.1) is 55.9 Å². The molecule has 0 bridgehead atoms. The zero-order chi connectivity index (χ0) is 38.8. The van der Waals surface area contributed by atoms with Crippen molar-refractivity contribution in [2.75, 3.05) is 0 Å². The zero-order valence-electron chi connectivity index (χ0n) is 31.7. The van der Waals surface area contributed by atoms with Crippen LogP contribution in [-0.2, 0) is 0 Å². The van der Waals surface area contributed by atoms with E-state index in [4.69, 9.17) is 29.9 Å². The molecule has 5 aromatic carbocycles. The second-order valence-electron chi connectivity index (χ2n) is 15.1. The van der Waals surface area contributed by atoms with Gasteiger partial charge in [0.2, 0.25) is 0 Å². The molecule has 8 nitrogen and oxygen atoms in total. The van der Waals surface area contributed by atoms with E-state index < -0.39 is 0 Å². The summed E-state index contributed by atoms with van der Waals surface area (Å²) in [4.78, 5) is 29.9. The Balaban J connectivity index is 1.14. The number of imidazole rings is 2. The Morgan fingerprint density at radius 2 is 0.966 bits per heavy atom. The predicted molar refractivity (Wildman–Crippen MR) is 239 cm³/mol. The van der Waals surface area contributed by atoms with E-state index in [1.54, 1.807) is 0 Å². The van der Waals surface area contributed by atoms with E-state index in [-0.39, 0.29) is 0 Å². The highest BCUT2D eigenvalue weighted by atomic mass is 15.0. The third-order valence-electron chi connectivity index (χ3n) is 12.0. The fraction of sp³-hybridized carbons (Fsp3) is 0.0196. The number of nitrogens with zero attached hydrogens (tertiary/aromatic N) is 8. The van der Waals surface area contributed by atoms with Crippen LogP contribution in [0.15, 0.2) is 164 Å². The lowest BCUT2D eigenvalue weighted by Gasteiger charge is -2.15. The monoisotopic (exact) mass is 754 g/mol. The molecule has 59 heavy (non-hydrogen) atoms. The second-order valence-corrected chi connectivity index (χ2v) is 15.1. The average molecular weight is 755 g/mol. The molecule has 13 rings (SSSR count). The SMILES string of the molecule is Cc1nc2c3ccccc3c3ccc(-c4ccc5c6ccccc6c6nc7c8cccnc8c8ncccc8c7n6c5c4)cc3n2c1-c1cccnc1-c1ccccn1. The normalized spacial score (nSPS) is 12.2. The molecule has 8 heterocycles. The second kappa shape index (κ2) is 12.0. The number of pyridine rings is 6. The Labute approximate surface area is 335 Å². The maximum atomic E-state index is 5.42. The van der Waals surface area contributed by atoms with Crippen molar-refractivity contribution < 1.29 is 0 Å². The first-order valence-corrected chi connectivity index (χ1v) is 19.7. The van der Waals surface area contributed by atoms with Gasteiger partial charge < -0.3 is 0 Å². The number of benzene rings is 5. The number of fused-ring (bicyclic) bond motifs is 19. The average Bonchev–Trinajstić information content (AvgIpc) is 3.89. The van der Waals surface area contributed by atoms with Crippen molar-refractivity contribution in [3.8, 4) is 33.8 Å². The minimum absolute atomic E-state index is 0.818. The van der Waals surface area contributed by atoms with Crippen molar-refractivity contribution >= 4 is 87.5 Å². The van der Waals surface area contributed by atoms with Gasteiger partial charge in [0.1, 0.15) is 11.3 Å². The molecule has 0 unspecified atom stereocenters. The van der Waals surface area contributed by atoms with Gasteiger partial charge >= 0.3 is 0 Å². The lowest BCUT2D eigenvalue weighted by atomic mass is 9.97. The molecule has 274 valence electrons. The van der Waals surface area contributed by atoms with Crippen molar-refractivity contribution in [3.05, 3.63) is 170 Å². The summed E-state index contributed by atoms with van der Waals surface area (Å²) in [5.41, 5.74) is 14.4. The molecule has 0 N–H and O–H groups in total. The van der Waals surface area contributed by atoms with Gasteiger partial charge in [0, 0.05) is 62.7 Å². The van der Waals surface area contributed by atoms with E-state index in [1.807, 2.05) is 61.2 Å². The summed E-state index contributed by atoms with van der Waals surface area (Å²) in [6.07, 6.45) is 7.33. The predicted octanol–water partition coefficient (Wildman–Crippen LogP) is 11.9. The number of rotatable bonds is 3. The number of aromatic nitrogens is 8. The first-order chi connectivity index (χ1) is 29.2. The van der Waals surface area contributed by atoms with Gasteiger partial charge in [-0.2, -0.15) is 0 Å². The van der Waals surface area contributed by atoms with Crippen LogP contribution in [0.1, 0.15) is 5.69 Å². The Morgan fingerprint density at radius 1 is 0.407 bits per heavy atom. The Hall–Kier alpha value is -8.10. The topological polar surface area (TPSA) is 86.2 Å². The van der Waals surface area contributed by atoms with Crippen LogP contribution in [-0.4, -0.2) is 38.7 Å². The van der Waals surface area contributed by atoms with Crippen molar-refractivity contribution in [1.82, 2.24) is 38.7 Å². The van der Waals surface area contributed by atoms with E-state index in [2.05, 4.69) is 119 Å². The van der Waals surface area contributed by atoms with E-state index in [1.165, 1.54) is 0 Å². The largest absolute Gasteiger partial charge is 0.291 e. The van der Waals surface area contributed by atoms with Crippen molar-refractivity contribution in [1.29, 1.82) is 0 Å². The van der Waals surface area contributed by atoms with E-state index in [0.717, 1.165) is 127 Å². The minimum Gasteiger partial charge on any atom is -0.291 e. The third kappa shape index (κ3) is 4.42. The van der Waals surface area contributed by atoms with Crippen molar-refractivity contribution in [2.45, 2.75) is 6.92 Å². The van der Waals surface area contributed by atoms with Gasteiger partial charge in [-0.25, -0.2) is 9.97 Å². The summed E-state index contributed by atoms with van der Waals surface area (Å²) in [7, 11) is 0. The number of aryl methyl sites for hydroxylation is 1. The fourth-order valence-electron chi connectivity index (χ4n) is 9.48. The highest BCUT2D eigenvalue weighted by Gasteiger charge is 2.23. The lowest BCUT2D eigenvalue weighted by Crippen LogP contribution is -1.98. The third-order valence-corrected chi connectivity index (χ3v) is 12.0. The van der Waals surface area contributed by atoms with Crippen LogP contribution in [0.25, 0.3) is 121 Å². The summed E-state index contributed by atoms with van der Waals surface area (Å²) < 4.78 is 4.67. The Morgan fingerprint density at radius 3 is 1.66 bits per heavy atom. The first-order valence-electron chi connectivity index (χ1n) is 19.7. The molecule has 0 amide bonds. The maximum absolute atomic E-state index is 5.42. The molecule has 0 radical (unpaired) electrons. The first kappa shape index (κ1) is 32.0. The molecule has 0 aliphatic carbocycles. The molecule has 13 aromatic rings. The summed E-state index contributed by atoms with van der Waals surface area (Å²) in [6, 6.07) is 49.1. The highest BCUT2D eigenvalue weighted by molar-refractivity contribution is 6.25. The van der Waals surface area contributed by atoms with Gasteiger partial charge in [0.25, 0.3) is 0 Å². The van der Waals surface area contributed by atoms with Crippen LogP contribution >= 0.6 is 0 Å². The molecule has 0 aliphatic rings. The smallest absolute Gasteiger partial charge is 0.146 e. The van der Waals surface area contributed by atoms with E-state index >= 15 is 0 Å². The Kier molecular flexibility index (Phi) is 6.49. The van der Waals surface area contributed by atoms with Gasteiger partial charge in [0.15, 0.2) is 0 Å². The molecule has 0 fully saturated rings. The summed E-state index contributed by atoms with van der Waals surface area (Å²) in [6.45, 7) is 2.09. The molecule has 0 atom stereocenters. The Bertz CT molecular complexity index is 3920. The maximum Gasteiger partial charge on any atom is 0.146 e. The van der Waals surface area contributed by atoms with Crippen LogP contribution in [0.3, 0.4) is 0 Å². The molecular weight excluding hydrogens is 725 g/mol. The molecular formula is C51H30N8. The van der Waals surface area contributed by atoms with Gasteiger partial charge in [-0.1, -0.05) is 78.9 Å². The fourth-order valence-corrected chi connectivity index (χ4v) is 9.48. The molecule has 0 spiro atoms. The number of hydrogen-bond acceptors (Lipinski definition) is 6. The van der Waals surface area contributed by atoms with Crippen LogP contribution in [0.2, 0.25) is 0 Å². The molecule has 0 saturated heterocycles. The standard InChI is InChI=1S/C51H30N8/c1-29-48(39-16-9-24-53-44(39)41-18-6-7-23-52-41)58-42-27-30(19-21-34(42)32-11-2-4-13-36(32)50(58)56-29)31-20-22-35-33-12-3-5-14-37(33)51-57-47-38-15-8-25-54-45(38)46-40(17-10-26-55-46)49(47)59(51)43(35)28-31/h2-28H,1H3. The minimum atomic E-state index is 0.818. The number of hydrogen-bond donors (Lipinski definition) is 0. The lowest BCUT2D eigenvalue weighted by molar-refractivity contribution is 1.21. The summed E-state index contributed by atoms with van der Waals surface area (Å²) in [5, 5.41) is 8.82. The molecule has 8 aromatic heterocycles. The zero-order valence-corrected chi connectivity index (χ0v) is 31.7. The van der Waals surface area contributed by atoms with Crippen molar-refractivity contribution in [2.24, 2.45) is 0 Å². The van der Waals surface area contributed by atoms with Crippen LogP contribution in [0.5, 0.6) is 0 Å². The van der Waals surface area contributed by atoms with Gasteiger partial charge in [-0.3, -0.25) is 28.7 Å². The summed E-state index contributed by atoms with van der Waals surface area (Å²) >= 11 is 0. The molecule has 8 heteroatoms. The van der Waals surface area contributed by atoms with Crippen LogP contribution < -0.4 is 0 Å². The van der Waals surface area contributed by atoms with Crippen molar-refractivity contribution in [3.63, 3.8) is 0 Å². The summed E-state index contributed by atoms with van der Waals surface area (Å²) in [5.74, 6) is 0. The highest BCUT2D eigenvalue weighted by Crippen LogP contribution is 2.42.